The maximum Gasteiger partial charge on any atom is 0.269 e. The fourth-order valence-corrected chi connectivity index (χ4v) is 1.64. The van der Waals surface area contributed by atoms with Crippen LogP contribution in [0.4, 0.5) is 5.69 Å². The van der Waals surface area contributed by atoms with Gasteiger partial charge in [-0.25, -0.2) is 4.98 Å². The van der Waals surface area contributed by atoms with Crippen LogP contribution in [-0.4, -0.2) is 9.91 Å². The Labute approximate surface area is 110 Å². The van der Waals surface area contributed by atoms with E-state index >= 15 is 0 Å². The second kappa shape index (κ2) is 6.10. The molecule has 0 bridgehead atoms. The van der Waals surface area contributed by atoms with Crippen molar-refractivity contribution >= 4 is 5.69 Å². The third kappa shape index (κ3) is 3.62. The van der Waals surface area contributed by atoms with Gasteiger partial charge in [-0.15, -0.1) is 0 Å². The molecule has 0 spiro atoms. The Kier molecular flexibility index (Phi) is 4.25. The Morgan fingerprint density at radius 3 is 2.63 bits per heavy atom. The second-order valence-corrected chi connectivity index (χ2v) is 4.10. The molecule has 1 heterocycles. The lowest BCUT2D eigenvalue weighted by Crippen LogP contribution is -2.12. The van der Waals surface area contributed by atoms with E-state index in [0.717, 1.165) is 17.7 Å². The standard InChI is InChI=1S/C13H15N3O3/c1-2-12-8-15-13(19-12)9-14-7-10-3-5-11(6-4-10)16(17)18/h3-6,8,14H,2,7,9H2,1H3. The molecule has 0 atom stereocenters. The Balaban J connectivity index is 1.83. The summed E-state index contributed by atoms with van der Waals surface area (Å²) in [6.45, 7) is 3.16. The van der Waals surface area contributed by atoms with Crippen molar-refractivity contribution in [3.05, 3.63) is 57.8 Å². The molecule has 0 saturated carbocycles. The molecular formula is C13H15N3O3. The number of rotatable bonds is 6. The monoisotopic (exact) mass is 261 g/mol. The largest absolute Gasteiger partial charge is 0.444 e. The van der Waals surface area contributed by atoms with Gasteiger partial charge in [0.25, 0.3) is 5.69 Å². The van der Waals surface area contributed by atoms with Gasteiger partial charge in [0.2, 0.25) is 5.89 Å². The van der Waals surface area contributed by atoms with Gasteiger partial charge in [0.1, 0.15) is 5.76 Å². The molecule has 0 aliphatic heterocycles. The van der Waals surface area contributed by atoms with E-state index in [0.29, 0.717) is 19.0 Å². The number of benzene rings is 1. The number of aromatic nitrogens is 1. The van der Waals surface area contributed by atoms with E-state index < -0.39 is 4.92 Å². The van der Waals surface area contributed by atoms with E-state index in [9.17, 15) is 10.1 Å². The SMILES string of the molecule is CCc1cnc(CNCc2ccc([N+](=O)[O-])cc2)o1. The van der Waals surface area contributed by atoms with E-state index in [1.54, 1.807) is 18.3 Å². The first-order valence-corrected chi connectivity index (χ1v) is 6.06. The summed E-state index contributed by atoms with van der Waals surface area (Å²) in [4.78, 5) is 14.2. The normalized spacial score (nSPS) is 10.6. The zero-order valence-electron chi connectivity index (χ0n) is 10.6. The number of oxazole rings is 1. The van der Waals surface area contributed by atoms with Gasteiger partial charge in [0.15, 0.2) is 0 Å². The Bertz CT molecular complexity index is 549. The number of nitro benzene ring substituents is 1. The zero-order valence-corrected chi connectivity index (χ0v) is 10.6. The molecule has 19 heavy (non-hydrogen) atoms. The summed E-state index contributed by atoms with van der Waals surface area (Å²) in [5.74, 6) is 1.52. The molecule has 0 unspecified atom stereocenters. The quantitative estimate of drug-likeness (QED) is 0.638. The van der Waals surface area contributed by atoms with E-state index in [-0.39, 0.29) is 5.69 Å². The van der Waals surface area contributed by atoms with E-state index in [1.165, 1.54) is 12.1 Å². The molecule has 1 aromatic heterocycles. The average molecular weight is 261 g/mol. The van der Waals surface area contributed by atoms with Crippen LogP contribution in [0.5, 0.6) is 0 Å². The molecule has 0 aliphatic rings. The smallest absolute Gasteiger partial charge is 0.269 e. The molecule has 2 rings (SSSR count). The molecule has 6 heteroatoms. The first-order chi connectivity index (χ1) is 9.19. The third-order valence-electron chi connectivity index (χ3n) is 2.70. The van der Waals surface area contributed by atoms with E-state index in [2.05, 4.69) is 10.3 Å². The number of nitro groups is 1. The van der Waals surface area contributed by atoms with Crippen LogP contribution in [0, 0.1) is 10.1 Å². The van der Waals surface area contributed by atoms with Crippen LogP contribution >= 0.6 is 0 Å². The lowest BCUT2D eigenvalue weighted by atomic mass is 10.2. The predicted molar refractivity (Wildman–Crippen MR) is 69.5 cm³/mol. The number of nitrogens with zero attached hydrogens (tertiary/aromatic N) is 2. The number of aryl methyl sites for hydroxylation is 1. The van der Waals surface area contributed by atoms with Crippen molar-refractivity contribution in [2.45, 2.75) is 26.4 Å². The first-order valence-electron chi connectivity index (χ1n) is 6.06. The number of hydrogen-bond donors (Lipinski definition) is 1. The van der Waals surface area contributed by atoms with Gasteiger partial charge in [-0.1, -0.05) is 19.1 Å². The van der Waals surface area contributed by atoms with Crippen molar-refractivity contribution in [1.29, 1.82) is 0 Å². The van der Waals surface area contributed by atoms with Gasteiger partial charge >= 0.3 is 0 Å². The third-order valence-corrected chi connectivity index (χ3v) is 2.70. The molecule has 0 fully saturated rings. The summed E-state index contributed by atoms with van der Waals surface area (Å²) in [5.41, 5.74) is 1.08. The van der Waals surface area contributed by atoms with E-state index in [4.69, 9.17) is 4.42 Å². The van der Waals surface area contributed by atoms with Crippen molar-refractivity contribution in [3.8, 4) is 0 Å². The lowest BCUT2D eigenvalue weighted by Gasteiger charge is -2.02. The van der Waals surface area contributed by atoms with Crippen molar-refractivity contribution in [2.75, 3.05) is 0 Å². The summed E-state index contributed by atoms with van der Waals surface area (Å²) in [6.07, 6.45) is 2.55. The molecule has 1 N–H and O–H groups in total. The molecule has 0 saturated heterocycles. The minimum Gasteiger partial charge on any atom is -0.444 e. The number of nitrogens with one attached hydrogen (secondary N) is 1. The molecule has 0 radical (unpaired) electrons. The van der Waals surface area contributed by atoms with Gasteiger partial charge in [-0.3, -0.25) is 10.1 Å². The molecule has 0 amide bonds. The molecule has 6 nitrogen and oxygen atoms in total. The van der Waals surface area contributed by atoms with Gasteiger partial charge in [0, 0.05) is 25.1 Å². The summed E-state index contributed by atoms with van der Waals surface area (Å²) in [6, 6.07) is 6.46. The Morgan fingerprint density at radius 1 is 1.32 bits per heavy atom. The van der Waals surface area contributed by atoms with Crippen molar-refractivity contribution < 1.29 is 9.34 Å². The molecule has 1 aromatic carbocycles. The van der Waals surface area contributed by atoms with Gasteiger partial charge in [0.05, 0.1) is 17.7 Å². The predicted octanol–water partition coefficient (Wildman–Crippen LogP) is 2.44. The topological polar surface area (TPSA) is 81.2 Å². The minimum atomic E-state index is -0.406. The van der Waals surface area contributed by atoms with Crippen molar-refractivity contribution in [2.24, 2.45) is 0 Å². The van der Waals surface area contributed by atoms with Gasteiger partial charge in [-0.2, -0.15) is 0 Å². The molecule has 2 aromatic rings. The fourth-order valence-electron chi connectivity index (χ4n) is 1.64. The fraction of sp³-hybridized carbons (Fsp3) is 0.308. The molecule has 0 aliphatic carbocycles. The second-order valence-electron chi connectivity index (χ2n) is 4.10. The number of non-ortho nitro benzene ring substituents is 1. The van der Waals surface area contributed by atoms with E-state index in [1.807, 2.05) is 6.92 Å². The van der Waals surface area contributed by atoms with Crippen LogP contribution in [-0.2, 0) is 19.5 Å². The molecule has 100 valence electrons. The van der Waals surface area contributed by atoms with Crippen LogP contribution in [0.3, 0.4) is 0 Å². The van der Waals surface area contributed by atoms with Gasteiger partial charge < -0.3 is 9.73 Å². The lowest BCUT2D eigenvalue weighted by molar-refractivity contribution is -0.384. The van der Waals surface area contributed by atoms with Crippen LogP contribution in [0.1, 0.15) is 24.1 Å². The maximum absolute atomic E-state index is 10.5. The highest BCUT2D eigenvalue weighted by atomic mass is 16.6. The average Bonchev–Trinajstić information content (AvgIpc) is 2.87. The molecular weight excluding hydrogens is 246 g/mol. The summed E-state index contributed by atoms with van der Waals surface area (Å²) in [5, 5.41) is 13.7. The van der Waals surface area contributed by atoms with Crippen LogP contribution < -0.4 is 5.32 Å². The summed E-state index contributed by atoms with van der Waals surface area (Å²) in [7, 11) is 0. The highest BCUT2D eigenvalue weighted by Crippen LogP contribution is 2.12. The minimum absolute atomic E-state index is 0.101. The highest BCUT2D eigenvalue weighted by Gasteiger charge is 2.04. The van der Waals surface area contributed by atoms with Crippen LogP contribution in [0.25, 0.3) is 0 Å². The van der Waals surface area contributed by atoms with Gasteiger partial charge in [-0.05, 0) is 5.56 Å². The van der Waals surface area contributed by atoms with Crippen LogP contribution in [0.15, 0.2) is 34.9 Å². The maximum atomic E-state index is 10.5. The summed E-state index contributed by atoms with van der Waals surface area (Å²) >= 11 is 0. The van der Waals surface area contributed by atoms with Crippen LogP contribution in [0.2, 0.25) is 0 Å². The zero-order chi connectivity index (χ0) is 13.7. The Hall–Kier alpha value is -2.21. The Morgan fingerprint density at radius 2 is 2.05 bits per heavy atom. The van der Waals surface area contributed by atoms with Crippen molar-refractivity contribution in [1.82, 2.24) is 10.3 Å². The van der Waals surface area contributed by atoms with Crippen molar-refractivity contribution in [3.63, 3.8) is 0 Å². The summed E-state index contributed by atoms with van der Waals surface area (Å²) < 4.78 is 5.46. The number of hydrogen-bond acceptors (Lipinski definition) is 5. The first kappa shape index (κ1) is 13.2. The highest BCUT2D eigenvalue weighted by molar-refractivity contribution is 5.32.